The van der Waals surface area contributed by atoms with E-state index in [0.717, 1.165) is 12.8 Å². The molecule has 0 aliphatic heterocycles. The Morgan fingerprint density at radius 3 is 2.35 bits per heavy atom. The van der Waals surface area contributed by atoms with Gasteiger partial charge in [0.15, 0.2) is 0 Å². The third kappa shape index (κ3) is 4.88. The number of hydrogen-bond donors (Lipinski definition) is 2. The number of benzene rings is 1. The van der Waals surface area contributed by atoms with Gasteiger partial charge in [-0.3, -0.25) is 0 Å². The molecule has 0 aromatic heterocycles. The standard InChI is InChI=1S/C15H25NO/c1-4-8-14(13-9-6-5-7-10-13)16-11-15(17)12(2)3/h5-7,9-10,12,14-17H,4,8,11H2,1-3H3. The topological polar surface area (TPSA) is 32.3 Å². The van der Waals surface area contributed by atoms with Crippen molar-refractivity contribution >= 4 is 0 Å². The minimum atomic E-state index is -0.266. The van der Waals surface area contributed by atoms with Crippen LogP contribution in [-0.4, -0.2) is 17.8 Å². The van der Waals surface area contributed by atoms with Crippen molar-refractivity contribution in [1.29, 1.82) is 0 Å². The first-order valence-corrected chi connectivity index (χ1v) is 6.61. The zero-order chi connectivity index (χ0) is 12.7. The average Bonchev–Trinajstić information content (AvgIpc) is 2.35. The molecule has 96 valence electrons. The van der Waals surface area contributed by atoms with Gasteiger partial charge in [0.1, 0.15) is 0 Å². The highest BCUT2D eigenvalue weighted by molar-refractivity contribution is 5.18. The monoisotopic (exact) mass is 235 g/mol. The van der Waals surface area contributed by atoms with Crippen molar-refractivity contribution < 1.29 is 5.11 Å². The van der Waals surface area contributed by atoms with Crippen molar-refractivity contribution in [1.82, 2.24) is 5.32 Å². The van der Waals surface area contributed by atoms with Crippen LogP contribution in [0.2, 0.25) is 0 Å². The van der Waals surface area contributed by atoms with Gasteiger partial charge in [0.25, 0.3) is 0 Å². The van der Waals surface area contributed by atoms with E-state index in [1.54, 1.807) is 0 Å². The molecule has 17 heavy (non-hydrogen) atoms. The van der Waals surface area contributed by atoms with Crippen molar-refractivity contribution in [3.05, 3.63) is 35.9 Å². The maximum atomic E-state index is 9.83. The van der Waals surface area contributed by atoms with Gasteiger partial charge in [0, 0.05) is 12.6 Å². The molecular formula is C15H25NO. The van der Waals surface area contributed by atoms with Crippen LogP contribution in [0.5, 0.6) is 0 Å². The zero-order valence-electron chi connectivity index (χ0n) is 11.2. The molecule has 0 bridgehead atoms. The highest BCUT2D eigenvalue weighted by Gasteiger charge is 2.13. The van der Waals surface area contributed by atoms with Crippen LogP contribution in [0.4, 0.5) is 0 Å². The van der Waals surface area contributed by atoms with Crippen LogP contribution in [0, 0.1) is 5.92 Å². The summed E-state index contributed by atoms with van der Waals surface area (Å²) in [5, 5.41) is 13.3. The summed E-state index contributed by atoms with van der Waals surface area (Å²) in [5.41, 5.74) is 1.31. The van der Waals surface area contributed by atoms with E-state index in [4.69, 9.17) is 0 Å². The summed E-state index contributed by atoms with van der Waals surface area (Å²) >= 11 is 0. The molecule has 1 aromatic rings. The SMILES string of the molecule is CCCC(NCC(O)C(C)C)c1ccccc1. The summed E-state index contributed by atoms with van der Waals surface area (Å²) in [6, 6.07) is 10.8. The summed E-state index contributed by atoms with van der Waals surface area (Å²) < 4.78 is 0. The maximum Gasteiger partial charge on any atom is 0.0687 e. The predicted molar refractivity (Wildman–Crippen MR) is 72.9 cm³/mol. The molecule has 2 atom stereocenters. The summed E-state index contributed by atoms with van der Waals surface area (Å²) in [7, 11) is 0. The van der Waals surface area contributed by atoms with Crippen LogP contribution >= 0.6 is 0 Å². The smallest absolute Gasteiger partial charge is 0.0687 e. The third-order valence-electron chi connectivity index (χ3n) is 3.12. The molecule has 2 heteroatoms. The van der Waals surface area contributed by atoms with Gasteiger partial charge >= 0.3 is 0 Å². The molecule has 1 rings (SSSR count). The first-order chi connectivity index (χ1) is 8.15. The molecule has 2 N–H and O–H groups in total. The van der Waals surface area contributed by atoms with Gasteiger partial charge in [-0.25, -0.2) is 0 Å². The lowest BCUT2D eigenvalue weighted by Gasteiger charge is -2.22. The van der Waals surface area contributed by atoms with Gasteiger partial charge in [-0.05, 0) is 17.9 Å². The molecule has 0 saturated heterocycles. The Hall–Kier alpha value is -0.860. The van der Waals surface area contributed by atoms with Crippen molar-refractivity contribution in [2.75, 3.05) is 6.54 Å². The molecule has 2 nitrogen and oxygen atoms in total. The minimum Gasteiger partial charge on any atom is -0.392 e. The Balaban J connectivity index is 2.55. The molecule has 0 aliphatic rings. The van der Waals surface area contributed by atoms with Crippen LogP contribution < -0.4 is 5.32 Å². The van der Waals surface area contributed by atoms with E-state index in [2.05, 4.69) is 36.5 Å². The fourth-order valence-corrected chi connectivity index (χ4v) is 1.86. The van der Waals surface area contributed by atoms with E-state index in [1.165, 1.54) is 5.56 Å². The molecular weight excluding hydrogens is 210 g/mol. The minimum absolute atomic E-state index is 0.266. The second kappa shape index (κ2) is 7.46. The van der Waals surface area contributed by atoms with Gasteiger partial charge < -0.3 is 10.4 Å². The van der Waals surface area contributed by atoms with Gasteiger partial charge in [-0.15, -0.1) is 0 Å². The quantitative estimate of drug-likeness (QED) is 0.761. The number of hydrogen-bond acceptors (Lipinski definition) is 2. The van der Waals surface area contributed by atoms with E-state index in [0.29, 0.717) is 18.5 Å². The number of rotatable bonds is 7. The molecule has 0 aliphatic carbocycles. The van der Waals surface area contributed by atoms with Crippen LogP contribution in [-0.2, 0) is 0 Å². The molecule has 0 saturated carbocycles. The normalized spacial score (nSPS) is 14.9. The number of nitrogens with one attached hydrogen (secondary N) is 1. The molecule has 2 unspecified atom stereocenters. The Kier molecular flexibility index (Phi) is 6.23. The second-order valence-electron chi connectivity index (χ2n) is 4.97. The highest BCUT2D eigenvalue weighted by Crippen LogP contribution is 2.18. The fraction of sp³-hybridized carbons (Fsp3) is 0.600. The van der Waals surface area contributed by atoms with E-state index in [1.807, 2.05) is 19.9 Å². The summed E-state index contributed by atoms with van der Waals surface area (Å²) in [5.74, 6) is 0.306. The third-order valence-corrected chi connectivity index (χ3v) is 3.12. The summed E-state index contributed by atoms with van der Waals surface area (Å²) in [6.07, 6.45) is 1.98. The van der Waals surface area contributed by atoms with Crippen molar-refractivity contribution in [3.8, 4) is 0 Å². The zero-order valence-corrected chi connectivity index (χ0v) is 11.2. The Morgan fingerprint density at radius 2 is 1.82 bits per heavy atom. The van der Waals surface area contributed by atoms with Gasteiger partial charge in [-0.2, -0.15) is 0 Å². The number of aliphatic hydroxyl groups excluding tert-OH is 1. The summed E-state index contributed by atoms with van der Waals surface area (Å²) in [6.45, 7) is 6.95. The van der Waals surface area contributed by atoms with Gasteiger partial charge in [-0.1, -0.05) is 57.5 Å². The Morgan fingerprint density at radius 1 is 1.18 bits per heavy atom. The van der Waals surface area contributed by atoms with Crippen molar-refractivity contribution in [2.24, 2.45) is 5.92 Å². The van der Waals surface area contributed by atoms with Crippen molar-refractivity contribution in [3.63, 3.8) is 0 Å². The Bertz CT molecular complexity index is 297. The lowest BCUT2D eigenvalue weighted by atomic mass is 10.0. The maximum absolute atomic E-state index is 9.83. The van der Waals surface area contributed by atoms with E-state index < -0.39 is 0 Å². The first kappa shape index (κ1) is 14.2. The van der Waals surface area contributed by atoms with E-state index >= 15 is 0 Å². The van der Waals surface area contributed by atoms with E-state index in [-0.39, 0.29) is 6.10 Å². The molecule has 0 fully saturated rings. The molecule has 0 radical (unpaired) electrons. The summed E-state index contributed by atoms with van der Waals surface area (Å²) in [4.78, 5) is 0. The van der Waals surface area contributed by atoms with Crippen LogP contribution in [0.3, 0.4) is 0 Å². The van der Waals surface area contributed by atoms with Crippen LogP contribution in [0.15, 0.2) is 30.3 Å². The lowest BCUT2D eigenvalue weighted by molar-refractivity contribution is 0.119. The Labute approximate surface area is 105 Å². The molecule has 0 heterocycles. The largest absolute Gasteiger partial charge is 0.392 e. The fourth-order valence-electron chi connectivity index (χ4n) is 1.86. The van der Waals surface area contributed by atoms with Gasteiger partial charge in [0.2, 0.25) is 0 Å². The first-order valence-electron chi connectivity index (χ1n) is 6.61. The van der Waals surface area contributed by atoms with Crippen molar-refractivity contribution in [2.45, 2.75) is 45.8 Å². The molecule has 0 amide bonds. The predicted octanol–water partition coefficient (Wildman–Crippen LogP) is 3.13. The molecule has 0 spiro atoms. The molecule has 1 aromatic carbocycles. The van der Waals surface area contributed by atoms with E-state index in [9.17, 15) is 5.11 Å². The van der Waals surface area contributed by atoms with Crippen LogP contribution in [0.25, 0.3) is 0 Å². The lowest BCUT2D eigenvalue weighted by Crippen LogP contribution is -2.33. The van der Waals surface area contributed by atoms with Crippen LogP contribution in [0.1, 0.15) is 45.2 Å². The average molecular weight is 235 g/mol. The highest BCUT2D eigenvalue weighted by atomic mass is 16.3. The van der Waals surface area contributed by atoms with Gasteiger partial charge in [0.05, 0.1) is 6.10 Å². The second-order valence-corrected chi connectivity index (χ2v) is 4.97. The number of aliphatic hydroxyl groups is 1.